The van der Waals surface area contributed by atoms with E-state index in [9.17, 15) is 0 Å². The molecule has 6 heteroatoms. The Hall–Kier alpha value is -2.40. The van der Waals surface area contributed by atoms with Gasteiger partial charge in [0.2, 0.25) is 0 Å². The summed E-state index contributed by atoms with van der Waals surface area (Å²) in [7, 11) is 4.21. The van der Waals surface area contributed by atoms with Crippen LogP contribution in [0.3, 0.4) is 0 Å². The summed E-state index contributed by atoms with van der Waals surface area (Å²) in [5, 5.41) is 0. The summed E-state index contributed by atoms with van der Waals surface area (Å²) in [6.07, 6.45) is 3.62. The average Bonchev–Trinajstić information content (AvgIpc) is 3.21. The molecule has 5 rings (SSSR count). The standard InChI is InChI=1S/C28H33N3O.2ClH/c1-29(2)24-11-7-9-22(19-24)16-18-30-17-8-12-25(30)20-31-26-13-4-3-10-23(26)21-32-28-15-6-5-14-27(28)31;;/h3-7,9-11,13-15,19,25H,8,12,16-18,20-21H2,1-2H3;2*1H/t25-;;/m1../s1. The number of anilines is 3. The van der Waals surface area contributed by atoms with E-state index in [1.165, 1.54) is 47.6 Å². The van der Waals surface area contributed by atoms with Gasteiger partial charge >= 0.3 is 0 Å². The second-order valence-electron chi connectivity index (χ2n) is 9.14. The molecule has 2 aliphatic rings. The fourth-order valence-electron chi connectivity index (χ4n) is 5.05. The molecule has 0 unspecified atom stereocenters. The van der Waals surface area contributed by atoms with Crippen LogP contribution in [0.5, 0.6) is 5.75 Å². The highest BCUT2D eigenvalue weighted by atomic mass is 35.5. The number of rotatable bonds is 6. The van der Waals surface area contributed by atoms with Gasteiger partial charge in [-0.2, -0.15) is 0 Å². The molecule has 3 aromatic rings. The largest absolute Gasteiger partial charge is 0.487 e. The van der Waals surface area contributed by atoms with Crippen molar-refractivity contribution >= 4 is 41.9 Å². The number of hydrogen-bond acceptors (Lipinski definition) is 4. The van der Waals surface area contributed by atoms with Crippen molar-refractivity contribution in [3.8, 4) is 5.75 Å². The Morgan fingerprint density at radius 2 is 1.68 bits per heavy atom. The molecule has 2 heterocycles. The molecule has 0 radical (unpaired) electrons. The lowest BCUT2D eigenvalue weighted by atomic mass is 10.1. The van der Waals surface area contributed by atoms with Crippen molar-refractivity contribution in [3.63, 3.8) is 0 Å². The van der Waals surface area contributed by atoms with Crippen LogP contribution in [-0.2, 0) is 13.0 Å². The van der Waals surface area contributed by atoms with Gasteiger partial charge in [-0.05, 0) is 61.7 Å². The van der Waals surface area contributed by atoms with Gasteiger partial charge in [-0.25, -0.2) is 0 Å². The van der Waals surface area contributed by atoms with E-state index in [1.54, 1.807) is 0 Å². The van der Waals surface area contributed by atoms with Crippen LogP contribution >= 0.6 is 24.8 Å². The SMILES string of the molecule is CN(C)c1cccc(CCN2CCC[C@@H]2CN2c3ccccc3COc3ccccc32)c1.Cl.Cl. The van der Waals surface area contributed by atoms with Crippen molar-refractivity contribution in [3.05, 3.63) is 83.9 Å². The lowest BCUT2D eigenvalue weighted by Gasteiger charge is -2.32. The van der Waals surface area contributed by atoms with Crippen molar-refractivity contribution in [2.24, 2.45) is 0 Å². The summed E-state index contributed by atoms with van der Waals surface area (Å²) < 4.78 is 6.17. The zero-order valence-electron chi connectivity index (χ0n) is 20.0. The van der Waals surface area contributed by atoms with Crippen LogP contribution < -0.4 is 14.5 Å². The number of likely N-dealkylation sites (tertiary alicyclic amines) is 1. The summed E-state index contributed by atoms with van der Waals surface area (Å²) >= 11 is 0. The zero-order chi connectivity index (χ0) is 21.9. The molecule has 0 aliphatic carbocycles. The molecule has 1 fully saturated rings. The number of hydrogen-bond donors (Lipinski definition) is 0. The summed E-state index contributed by atoms with van der Waals surface area (Å²) in [6.45, 7) is 3.91. The number of ether oxygens (including phenoxy) is 1. The Labute approximate surface area is 216 Å². The third-order valence-electron chi connectivity index (χ3n) is 6.83. The maximum absolute atomic E-state index is 6.17. The van der Waals surface area contributed by atoms with Crippen LogP contribution in [0.4, 0.5) is 17.1 Å². The second-order valence-corrected chi connectivity index (χ2v) is 9.14. The van der Waals surface area contributed by atoms with E-state index in [2.05, 4.69) is 102 Å². The van der Waals surface area contributed by atoms with Crippen LogP contribution in [0.1, 0.15) is 24.0 Å². The Morgan fingerprint density at radius 3 is 2.50 bits per heavy atom. The highest BCUT2D eigenvalue weighted by Crippen LogP contribution is 2.40. The Kier molecular flexibility index (Phi) is 9.12. The molecular weight excluding hydrogens is 465 g/mol. The number of nitrogens with zero attached hydrogens (tertiary/aromatic N) is 3. The van der Waals surface area contributed by atoms with Crippen molar-refractivity contribution in [1.82, 2.24) is 4.90 Å². The predicted molar refractivity (Wildman–Crippen MR) is 148 cm³/mol. The van der Waals surface area contributed by atoms with Gasteiger partial charge in [0.25, 0.3) is 0 Å². The van der Waals surface area contributed by atoms with Crippen molar-refractivity contribution in [1.29, 1.82) is 0 Å². The number of para-hydroxylation sites is 3. The fourth-order valence-corrected chi connectivity index (χ4v) is 5.05. The molecule has 0 bridgehead atoms. The average molecular weight is 501 g/mol. The van der Waals surface area contributed by atoms with Gasteiger partial charge < -0.3 is 14.5 Å². The first-order valence-electron chi connectivity index (χ1n) is 11.8. The molecular formula is C28H35Cl2N3O. The highest BCUT2D eigenvalue weighted by Gasteiger charge is 2.29. The van der Waals surface area contributed by atoms with Crippen LogP contribution in [0.15, 0.2) is 72.8 Å². The van der Waals surface area contributed by atoms with Crippen LogP contribution in [-0.4, -0.2) is 44.7 Å². The van der Waals surface area contributed by atoms with E-state index in [0.717, 1.165) is 25.3 Å². The summed E-state index contributed by atoms with van der Waals surface area (Å²) in [5.41, 5.74) is 6.42. The molecule has 34 heavy (non-hydrogen) atoms. The molecule has 4 nitrogen and oxygen atoms in total. The quantitative estimate of drug-likeness (QED) is 0.394. The van der Waals surface area contributed by atoms with E-state index < -0.39 is 0 Å². The van der Waals surface area contributed by atoms with Crippen molar-refractivity contribution in [2.45, 2.75) is 31.9 Å². The minimum absolute atomic E-state index is 0. The van der Waals surface area contributed by atoms with Gasteiger partial charge in [0.05, 0.1) is 5.69 Å². The third-order valence-corrected chi connectivity index (χ3v) is 6.83. The molecule has 182 valence electrons. The second kappa shape index (κ2) is 11.8. The van der Waals surface area contributed by atoms with Gasteiger partial charge in [-0.15, -0.1) is 24.8 Å². The van der Waals surface area contributed by atoms with Gasteiger partial charge in [0, 0.05) is 50.2 Å². The number of halogens is 2. The number of fused-ring (bicyclic) bond motifs is 2. The molecule has 0 saturated carbocycles. The third kappa shape index (κ3) is 5.63. The molecule has 1 atom stereocenters. The monoisotopic (exact) mass is 499 g/mol. The zero-order valence-corrected chi connectivity index (χ0v) is 21.7. The van der Waals surface area contributed by atoms with Crippen LogP contribution in [0.2, 0.25) is 0 Å². The first kappa shape index (κ1) is 26.2. The normalized spacial score (nSPS) is 16.9. The Bertz CT molecular complexity index is 1030. The minimum atomic E-state index is 0. The van der Waals surface area contributed by atoms with Gasteiger partial charge in [-0.1, -0.05) is 42.5 Å². The maximum atomic E-state index is 6.17. The lowest BCUT2D eigenvalue weighted by Crippen LogP contribution is -2.39. The summed E-state index contributed by atoms with van der Waals surface area (Å²) in [5.74, 6) is 0.980. The molecule has 1 saturated heterocycles. The Balaban J connectivity index is 0.00000162. The molecule has 2 aliphatic heterocycles. The first-order chi connectivity index (χ1) is 15.7. The lowest BCUT2D eigenvalue weighted by molar-refractivity contribution is 0.261. The smallest absolute Gasteiger partial charge is 0.143 e. The molecule has 3 aromatic carbocycles. The topological polar surface area (TPSA) is 19.0 Å². The fraction of sp³-hybridized carbons (Fsp3) is 0.357. The van der Waals surface area contributed by atoms with E-state index in [4.69, 9.17) is 4.74 Å². The van der Waals surface area contributed by atoms with Gasteiger partial charge in [0.15, 0.2) is 0 Å². The molecule has 0 aromatic heterocycles. The van der Waals surface area contributed by atoms with E-state index in [0.29, 0.717) is 12.6 Å². The molecule has 0 spiro atoms. The summed E-state index contributed by atoms with van der Waals surface area (Å²) in [6, 6.07) is 26.7. The van der Waals surface area contributed by atoms with Crippen molar-refractivity contribution in [2.75, 3.05) is 43.5 Å². The van der Waals surface area contributed by atoms with Gasteiger partial charge in [-0.3, -0.25) is 4.90 Å². The van der Waals surface area contributed by atoms with E-state index in [-0.39, 0.29) is 24.8 Å². The maximum Gasteiger partial charge on any atom is 0.143 e. The predicted octanol–water partition coefficient (Wildman–Crippen LogP) is 6.33. The molecule has 0 N–H and O–H groups in total. The highest BCUT2D eigenvalue weighted by molar-refractivity contribution is 5.85. The van der Waals surface area contributed by atoms with Gasteiger partial charge in [0.1, 0.15) is 12.4 Å². The van der Waals surface area contributed by atoms with E-state index >= 15 is 0 Å². The van der Waals surface area contributed by atoms with E-state index in [1.807, 2.05) is 0 Å². The number of benzene rings is 3. The van der Waals surface area contributed by atoms with Crippen LogP contribution in [0.25, 0.3) is 0 Å². The minimum Gasteiger partial charge on any atom is -0.487 e. The molecule has 0 amide bonds. The van der Waals surface area contributed by atoms with Crippen LogP contribution in [0, 0.1) is 0 Å². The first-order valence-corrected chi connectivity index (χ1v) is 11.8. The Morgan fingerprint density at radius 1 is 0.912 bits per heavy atom. The van der Waals surface area contributed by atoms with Crippen molar-refractivity contribution < 1.29 is 4.74 Å². The summed E-state index contributed by atoms with van der Waals surface area (Å²) in [4.78, 5) is 7.37.